The summed E-state index contributed by atoms with van der Waals surface area (Å²) in [4.78, 5) is 2.30. The highest BCUT2D eigenvalue weighted by Gasteiger charge is 2.19. The van der Waals surface area contributed by atoms with Crippen LogP contribution in [-0.4, -0.2) is 27.9 Å². The molecule has 0 saturated carbocycles. The molecule has 14 heavy (non-hydrogen) atoms. The van der Waals surface area contributed by atoms with Gasteiger partial charge in [-0.05, 0) is 38.9 Å². The minimum absolute atomic E-state index is 0.372. The first-order chi connectivity index (χ1) is 6.70. The summed E-state index contributed by atoms with van der Waals surface area (Å²) in [6.45, 7) is 6.47. The number of rotatable bonds is 2. The van der Waals surface area contributed by atoms with Gasteiger partial charge in [-0.25, -0.2) is 5.10 Å². The van der Waals surface area contributed by atoms with Gasteiger partial charge in [0.2, 0.25) is 5.95 Å². The predicted octanol–water partition coefficient (Wildman–Crippen LogP) is 2.12. The summed E-state index contributed by atoms with van der Waals surface area (Å²) >= 11 is 5.20. The first kappa shape index (κ1) is 9.71. The van der Waals surface area contributed by atoms with E-state index in [9.17, 15) is 0 Å². The van der Waals surface area contributed by atoms with Crippen molar-refractivity contribution in [2.24, 2.45) is 0 Å². The number of aromatic amines is 1. The molecule has 0 radical (unpaired) electrons. The standard InChI is InChI=1S/C9H16N4S/c1-7(2)13-8(10-11-9(13)14)12-5-3-4-6-12/h7H,3-6H2,1-2H3,(H,11,14). The Morgan fingerprint density at radius 1 is 1.36 bits per heavy atom. The second-order valence-electron chi connectivity index (χ2n) is 3.99. The van der Waals surface area contributed by atoms with Gasteiger partial charge in [-0.2, -0.15) is 0 Å². The van der Waals surface area contributed by atoms with Gasteiger partial charge in [0.1, 0.15) is 0 Å². The predicted molar refractivity (Wildman–Crippen MR) is 59.2 cm³/mol. The lowest BCUT2D eigenvalue weighted by molar-refractivity contribution is 0.584. The first-order valence-electron chi connectivity index (χ1n) is 5.12. The second kappa shape index (κ2) is 3.73. The SMILES string of the molecule is CC(C)n1c(N2CCCC2)n[nH]c1=S. The van der Waals surface area contributed by atoms with E-state index in [0.717, 1.165) is 23.8 Å². The quantitative estimate of drug-likeness (QED) is 0.763. The molecule has 2 heterocycles. The molecular weight excluding hydrogens is 196 g/mol. The first-order valence-corrected chi connectivity index (χ1v) is 5.53. The smallest absolute Gasteiger partial charge is 0.225 e. The summed E-state index contributed by atoms with van der Waals surface area (Å²) in [7, 11) is 0. The zero-order valence-corrected chi connectivity index (χ0v) is 9.47. The topological polar surface area (TPSA) is 36.9 Å². The highest BCUT2D eigenvalue weighted by molar-refractivity contribution is 7.71. The van der Waals surface area contributed by atoms with E-state index < -0.39 is 0 Å². The molecule has 1 saturated heterocycles. The summed E-state index contributed by atoms with van der Waals surface area (Å²) < 4.78 is 2.81. The summed E-state index contributed by atoms with van der Waals surface area (Å²) in [5.74, 6) is 1.00. The van der Waals surface area contributed by atoms with Crippen molar-refractivity contribution in [3.05, 3.63) is 4.77 Å². The third kappa shape index (κ3) is 1.56. The fourth-order valence-electron chi connectivity index (χ4n) is 1.90. The third-order valence-electron chi connectivity index (χ3n) is 2.59. The molecule has 2 rings (SSSR count). The van der Waals surface area contributed by atoms with Gasteiger partial charge >= 0.3 is 0 Å². The molecule has 0 aliphatic carbocycles. The van der Waals surface area contributed by atoms with Crippen molar-refractivity contribution in [2.75, 3.05) is 18.0 Å². The van der Waals surface area contributed by atoms with Crippen molar-refractivity contribution < 1.29 is 0 Å². The number of H-pyrrole nitrogens is 1. The average molecular weight is 212 g/mol. The van der Waals surface area contributed by atoms with E-state index in [4.69, 9.17) is 12.2 Å². The maximum Gasteiger partial charge on any atom is 0.225 e. The van der Waals surface area contributed by atoms with Crippen molar-refractivity contribution >= 4 is 18.2 Å². The van der Waals surface area contributed by atoms with Crippen molar-refractivity contribution in [3.63, 3.8) is 0 Å². The minimum atomic E-state index is 0.372. The molecule has 0 atom stereocenters. The van der Waals surface area contributed by atoms with Crippen LogP contribution in [0.5, 0.6) is 0 Å². The lowest BCUT2D eigenvalue weighted by Gasteiger charge is -2.19. The van der Waals surface area contributed by atoms with E-state index in [1.807, 2.05) is 0 Å². The molecule has 0 bridgehead atoms. The Labute approximate surface area is 88.9 Å². The lowest BCUT2D eigenvalue weighted by atomic mass is 10.4. The van der Waals surface area contributed by atoms with Gasteiger partial charge < -0.3 is 4.90 Å². The Kier molecular flexibility index (Phi) is 2.58. The van der Waals surface area contributed by atoms with Gasteiger partial charge in [0.25, 0.3) is 0 Å². The van der Waals surface area contributed by atoms with Crippen LogP contribution in [0.2, 0.25) is 0 Å². The third-order valence-corrected chi connectivity index (χ3v) is 2.88. The zero-order chi connectivity index (χ0) is 10.1. The van der Waals surface area contributed by atoms with Crippen LogP contribution in [0.15, 0.2) is 0 Å². The summed E-state index contributed by atoms with van der Waals surface area (Å²) in [6.07, 6.45) is 2.52. The fourth-order valence-corrected chi connectivity index (χ4v) is 2.24. The molecule has 1 aliphatic heterocycles. The van der Waals surface area contributed by atoms with Gasteiger partial charge in [-0.15, -0.1) is 5.10 Å². The molecule has 1 N–H and O–H groups in total. The molecule has 0 aromatic carbocycles. The van der Waals surface area contributed by atoms with Gasteiger partial charge in [-0.1, -0.05) is 0 Å². The van der Waals surface area contributed by atoms with Crippen LogP contribution in [0.3, 0.4) is 0 Å². The maximum absolute atomic E-state index is 5.20. The Bertz CT molecular complexity index is 359. The number of nitrogens with zero attached hydrogens (tertiary/aromatic N) is 3. The van der Waals surface area contributed by atoms with Crippen LogP contribution in [-0.2, 0) is 0 Å². The monoisotopic (exact) mass is 212 g/mol. The number of hydrogen-bond acceptors (Lipinski definition) is 3. The van der Waals surface area contributed by atoms with Crippen LogP contribution in [0, 0.1) is 4.77 Å². The van der Waals surface area contributed by atoms with Gasteiger partial charge in [0.15, 0.2) is 4.77 Å². The van der Waals surface area contributed by atoms with Crippen LogP contribution < -0.4 is 4.90 Å². The lowest BCUT2D eigenvalue weighted by Crippen LogP contribution is -2.22. The van der Waals surface area contributed by atoms with E-state index in [0.29, 0.717) is 6.04 Å². The number of aromatic nitrogens is 3. The number of hydrogen-bond donors (Lipinski definition) is 1. The molecular formula is C9H16N4S. The van der Waals surface area contributed by atoms with Crippen molar-refractivity contribution in [2.45, 2.75) is 32.7 Å². The molecule has 4 nitrogen and oxygen atoms in total. The minimum Gasteiger partial charge on any atom is -0.341 e. The number of nitrogens with one attached hydrogen (secondary N) is 1. The van der Waals surface area contributed by atoms with Crippen molar-refractivity contribution in [3.8, 4) is 0 Å². The van der Waals surface area contributed by atoms with Gasteiger partial charge in [0, 0.05) is 19.1 Å². The molecule has 1 aromatic heterocycles. The van der Waals surface area contributed by atoms with Crippen LogP contribution in [0.1, 0.15) is 32.7 Å². The van der Waals surface area contributed by atoms with Crippen LogP contribution in [0.25, 0.3) is 0 Å². The zero-order valence-electron chi connectivity index (χ0n) is 8.66. The Balaban J connectivity index is 2.37. The summed E-state index contributed by atoms with van der Waals surface area (Å²) in [6, 6.07) is 0.372. The van der Waals surface area contributed by atoms with E-state index in [2.05, 4.69) is 33.5 Å². The highest BCUT2D eigenvalue weighted by Crippen LogP contribution is 2.21. The van der Waals surface area contributed by atoms with Gasteiger partial charge in [-0.3, -0.25) is 4.57 Å². The van der Waals surface area contributed by atoms with E-state index >= 15 is 0 Å². The Morgan fingerprint density at radius 2 is 2.00 bits per heavy atom. The average Bonchev–Trinajstić information content (AvgIpc) is 2.70. The Morgan fingerprint density at radius 3 is 2.57 bits per heavy atom. The Hall–Kier alpha value is -0.840. The van der Waals surface area contributed by atoms with Crippen molar-refractivity contribution in [1.82, 2.24) is 14.8 Å². The van der Waals surface area contributed by atoms with Crippen LogP contribution >= 0.6 is 12.2 Å². The molecule has 78 valence electrons. The molecule has 1 aliphatic rings. The second-order valence-corrected chi connectivity index (χ2v) is 4.37. The number of anilines is 1. The fraction of sp³-hybridized carbons (Fsp3) is 0.778. The molecule has 0 unspecified atom stereocenters. The molecule has 1 aromatic rings. The van der Waals surface area contributed by atoms with Crippen molar-refractivity contribution in [1.29, 1.82) is 0 Å². The molecule has 0 amide bonds. The highest BCUT2D eigenvalue weighted by atomic mass is 32.1. The molecule has 5 heteroatoms. The normalized spacial score (nSPS) is 16.9. The van der Waals surface area contributed by atoms with Gasteiger partial charge in [0.05, 0.1) is 0 Å². The molecule has 0 spiro atoms. The van der Waals surface area contributed by atoms with E-state index in [1.165, 1.54) is 12.8 Å². The maximum atomic E-state index is 5.20. The van der Waals surface area contributed by atoms with E-state index in [1.54, 1.807) is 0 Å². The summed E-state index contributed by atoms with van der Waals surface area (Å²) in [5, 5.41) is 7.16. The molecule has 1 fully saturated rings. The summed E-state index contributed by atoms with van der Waals surface area (Å²) in [5.41, 5.74) is 0. The van der Waals surface area contributed by atoms with Crippen LogP contribution in [0.4, 0.5) is 5.95 Å². The largest absolute Gasteiger partial charge is 0.341 e. The van der Waals surface area contributed by atoms with E-state index in [-0.39, 0.29) is 0 Å².